The second kappa shape index (κ2) is 3.54. The number of likely N-dealkylation sites (tertiary alicyclic amines) is 1. The van der Waals surface area contributed by atoms with Gasteiger partial charge in [-0.25, -0.2) is 4.98 Å². The minimum absolute atomic E-state index is 0.000278. The van der Waals surface area contributed by atoms with E-state index in [9.17, 15) is 9.18 Å². The molecule has 0 aromatic carbocycles. The minimum atomic E-state index is -0.542. The summed E-state index contributed by atoms with van der Waals surface area (Å²) in [6.45, 7) is 0.862. The Morgan fingerprint density at radius 3 is 2.88 bits per heavy atom. The Morgan fingerprint density at radius 2 is 2.31 bits per heavy atom. The van der Waals surface area contributed by atoms with E-state index in [1.807, 2.05) is 4.90 Å². The third kappa shape index (κ3) is 1.49. The predicted molar refractivity (Wildman–Crippen MR) is 56.4 cm³/mol. The SMILES string of the molecule is O=C(c1ccc(F)nc1)N1CC2CCC1C2. The molecule has 1 amide bonds. The number of aromatic nitrogens is 1. The zero-order valence-electron chi connectivity index (χ0n) is 8.90. The second-order valence-electron chi connectivity index (χ2n) is 4.66. The van der Waals surface area contributed by atoms with Crippen LogP contribution in [0.2, 0.25) is 0 Å². The largest absolute Gasteiger partial charge is 0.335 e. The third-order valence-corrected chi connectivity index (χ3v) is 3.64. The minimum Gasteiger partial charge on any atom is -0.335 e. The molecular weight excluding hydrogens is 207 g/mol. The van der Waals surface area contributed by atoms with Crippen molar-refractivity contribution in [2.75, 3.05) is 6.54 Å². The van der Waals surface area contributed by atoms with Crippen molar-refractivity contribution in [1.29, 1.82) is 0 Å². The molecule has 2 atom stereocenters. The Bertz CT molecular complexity index is 418. The van der Waals surface area contributed by atoms with Gasteiger partial charge in [0, 0.05) is 18.8 Å². The lowest BCUT2D eigenvalue weighted by Crippen LogP contribution is -2.37. The van der Waals surface area contributed by atoms with Gasteiger partial charge in [-0.3, -0.25) is 4.79 Å². The van der Waals surface area contributed by atoms with Gasteiger partial charge in [-0.05, 0) is 37.3 Å². The lowest BCUT2D eigenvalue weighted by molar-refractivity contribution is 0.0703. The van der Waals surface area contributed by atoms with Crippen molar-refractivity contribution in [2.45, 2.75) is 25.3 Å². The van der Waals surface area contributed by atoms with E-state index >= 15 is 0 Å². The maximum Gasteiger partial charge on any atom is 0.255 e. The molecule has 3 rings (SSSR count). The summed E-state index contributed by atoms with van der Waals surface area (Å²) in [7, 11) is 0. The Labute approximate surface area is 93.3 Å². The molecule has 1 saturated heterocycles. The fraction of sp³-hybridized carbons (Fsp3) is 0.500. The van der Waals surface area contributed by atoms with Crippen LogP contribution in [0, 0.1) is 11.9 Å². The highest BCUT2D eigenvalue weighted by atomic mass is 19.1. The first-order valence-corrected chi connectivity index (χ1v) is 5.66. The van der Waals surface area contributed by atoms with Crippen LogP contribution in [0.1, 0.15) is 29.6 Å². The lowest BCUT2D eigenvalue weighted by atomic mass is 10.1. The highest BCUT2D eigenvalue weighted by molar-refractivity contribution is 5.94. The van der Waals surface area contributed by atoms with Crippen molar-refractivity contribution in [2.24, 2.45) is 5.92 Å². The predicted octanol–water partition coefficient (Wildman–Crippen LogP) is 1.85. The Balaban J connectivity index is 1.80. The molecule has 1 aliphatic heterocycles. The molecule has 2 fully saturated rings. The maximum atomic E-state index is 12.6. The van der Waals surface area contributed by atoms with E-state index in [-0.39, 0.29) is 5.91 Å². The van der Waals surface area contributed by atoms with Crippen LogP contribution in [0.25, 0.3) is 0 Å². The number of pyridine rings is 1. The summed E-state index contributed by atoms with van der Waals surface area (Å²) in [5.74, 6) is 0.140. The number of rotatable bonds is 1. The van der Waals surface area contributed by atoms with Gasteiger partial charge in [-0.15, -0.1) is 0 Å². The average Bonchev–Trinajstić information content (AvgIpc) is 2.91. The fourth-order valence-corrected chi connectivity index (χ4v) is 2.84. The van der Waals surface area contributed by atoms with Crippen LogP contribution in [0.5, 0.6) is 0 Å². The molecule has 1 aliphatic carbocycles. The normalized spacial score (nSPS) is 27.4. The van der Waals surface area contributed by atoms with Crippen molar-refractivity contribution in [3.63, 3.8) is 0 Å². The van der Waals surface area contributed by atoms with Gasteiger partial charge in [0.15, 0.2) is 0 Å². The summed E-state index contributed by atoms with van der Waals surface area (Å²) in [6, 6.07) is 3.15. The molecule has 84 valence electrons. The number of nitrogens with zero attached hydrogens (tertiary/aromatic N) is 2. The van der Waals surface area contributed by atoms with E-state index in [0.717, 1.165) is 19.4 Å². The molecule has 1 aromatic heterocycles. The van der Waals surface area contributed by atoms with Crippen LogP contribution in [0.3, 0.4) is 0 Å². The summed E-state index contributed by atoms with van der Waals surface area (Å²) in [4.78, 5) is 17.6. The van der Waals surface area contributed by atoms with Crippen molar-refractivity contribution in [3.8, 4) is 0 Å². The summed E-state index contributed by atoms with van der Waals surface area (Å²) in [5.41, 5.74) is 0.494. The van der Waals surface area contributed by atoms with Crippen LogP contribution in [0.15, 0.2) is 18.3 Å². The molecule has 1 saturated carbocycles. The van der Waals surface area contributed by atoms with E-state index in [4.69, 9.17) is 0 Å². The van der Waals surface area contributed by atoms with E-state index in [1.54, 1.807) is 0 Å². The second-order valence-corrected chi connectivity index (χ2v) is 4.66. The zero-order valence-corrected chi connectivity index (χ0v) is 8.90. The standard InChI is InChI=1S/C12H13FN2O/c13-11-4-2-9(6-14-11)12(16)15-7-8-1-3-10(15)5-8/h2,4,6,8,10H,1,3,5,7H2. The van der Waals surface area contributed by atoms with Crippen molar-refractivity contribution >= 4 is 5.91 Å². The topological polar surface area (TPSA) is 33.2 Å². The Kier molecular flexibility index (Phi) is 2.16. The van der Waals surface area contributed by atoms with Crippen molar-refractivity contribution in [3.05, 3.63) is 29.8 Å². The molecule has 0 radical (unpaired) electrons. The number of halogens is 1. The van der Waals surface area contributed by atoms with Gasteiger partial charge in [-0.2, -0.15) is 4.39 Å². The van der Waals surface area contributed by atoms with Gasteiger partial charge >= 0.3 is 0 Å². The Morgan fingerprint density at radius 1 is 1.44 bits per heavy atom. The molecule has 2 bridgehead atoms. The molecule has 16 heavy (non-hydrogen) atoms. The summed E-state index contributed by atoms with van der Waals surface area (Å²) < 4.78 is 12.6. The zero-order chi connectivity index (χ0) is 11.1. The van der Waals surface area contributed by atoms with Crippen LogP contribution >= 0.6 is 0 Å². The number of carbonyl (C=O) groups is 1. The van der Waals surface area contributed by atoms with E-state index in [2.05, 4.69) is 4.98 Å². The van der Waals surface area contributed by atoms with E-state index in [1.165, 1.54) is 24.8 Å². The quantitative estimate of drug-likeness (QED) is 0.677. The van der Waals surface area contributed by atoms with Crippen LogP contribution in [-0.2, 0) is 0 Å². The van der Waals surface area contributed by atoms with Gasteiger partial charge < -0.3 is 4.90 Å². The smallest absolute Gasteiger partial charge is 0.255 e. The Hall–Kier alpha value is -1.45. The van der Waals surface area contributed by atoms with Gasteiger partial charge in [0.1, 0.15) is 0 Å². The molecular formula is C12H13FN2O. The van der Waals surface area contributed by atoms with Crippen molar-refractivity contribution in [1.82, 2.24) is 9.88 Å². The molecule has 2 unspecified atom stereocenters. The van der Waals surface area contributed by atoms with Gasteiger partial charge in [0.25, 0.3) is 5.91 Å². The average molecular weight is 220 g/mol. The van der Waals surface area contributed by atoms with E-state index in [0.29, 0.717) is 17.5 Å². The highest BCUT2D eigenvalue weighted by Gasteiger charge is 2.40. The maximum absolute atomic E-state index is 12.6. The number of piperidine rings is 1. The lowest BCUT2D eigenvalue weighted by Gasteiger charge is -2.26. The molecule has 1 aromatic rings. The third-order valence-electron chi connectivity index (χ3n) is 3.64. The van der Waals surface area contributed by atoms with Crippen LogP contribution < -0.4 is 0 Å². The van der Waals surface area contributed by atoms with Crippen molar-refractivity contribution < 1.29 is 9.18 Å². The molecule has 3 nitrogen and oxygen atoms in total. The number of carbonyl (C=O) groups excluding carboxylic acids is 1. The fourth-order valence-electron chi connectivity index (χ4n) is 2.84. The molecule has 2 aliphatic rings. The number of fused-ring (bicyclic) bond motifs is 2. The van der Waals surface area contributed by atoms with Crippen LogP contribution in [-0.4, -0.2) is 28.4 Å². The summed E-state index contributed by atoms with van der Waals surface area (Å²) in [6.07, 6.45) is 4.82. The van der Waals surface area contributed by atoms with Crippen LogP contribution in [0.4, 0.5) is 4.39 Å². The summed E-state index contributed by atoms with van der Waals surface area (Å²) in [5, 5.41) is 0. The summed E-state index contributed by atoms with van der Waals surface area (Å²) >= 11 is 0. The van der Waals surface area contributed by atoms with E-state index < -0.39 is 5.95 Å². The van der Waals surface area contributed by atoms with Gasteiger partial charge in [0.05, 0.1) is 5.56 Å². The first kappa shape index (κ1) is 9.75. The van der Waals surface area contributed by atoms with Gasteiger partial charge in [0.2, 0.25) is 5.95 Å². The highest BCUT2D eigenvalue weighted by Crippen LogP contribution is 2.37. The molecule has 4 heteroatoms. The number of hydrogen-bond acceptors (Lipinski definition) is 2. The molecule has 0 spiro atoms. The number of hydrogen-bond donors (Lipinski definition) is 0. The monoisotopic (exact) mass is 220 g/mol. The molecule has 2 heterocycles. The first-order valence-electron chi connectivity index (χ1n) is 5.66. The first-order chi connectivity index (χ1) is 7.74. The van der Waals surface area contributed by atoms with Gasteiger partial charge in [-0.1, -0.05) is 0 Å². The molecule has 0 N–H and O–H groups in total. The number of amides is 1.